The lowest BCUT2D eigenvalue weighted by Gasteiger charge is -2.08. The van der Waals surface area contributed by atoms with Gasteiger partial charge in [0.25, 0.3) is 0 Å². The number of fused-ring (bicyclic) bond motifs is 1. The molecule has 2 N–H and O–H groups in total. The average molecular weight is 285 g/mol. The number of para-hydroxylation sites is 1. The molecular formula is C15H15N3OS. The number of aryl methyl sites for hydroxylation is 2. The normalized spacial score (nSPS) is 10.9. The highest BCUT2D eigenvalue weighted by atomic mass is 32.1. The van der Waals surface area contributed by atoms with Crippen molar-refractivity contribution in [3.8, 4) is 11.6 Å². The smallest absolute Gasteiger partial charge is 0.232 e. The molecule has 1 aromatic carbocycles. The third-order valence-corrected chi connectivity index (χ3v) is 4.25. The molecule has 2 aromatic heterocycles. The number of aromatic nitrogens is 2. The van der Waals surface area contributed by atoms with Crippen molar-refractivity contribution in [2.45, 2.75) is 20.3 Å². The van der Waals surface area contributed by atoms with Crippen LogP contribution in [0.1, 0.15) is 17.4 Å². The Bertz CT molecular complexity index is 767. The molecule has 4 nitrogen and oxygen atoms in total. The zero-order chi connectivity index (χ0) is 14.1. The van der Waals surface area contributed by atoms with Crippen LogP contribution in [0.3, 0.4) is 0 Å². The second kappa shape index (κ2) is 5.09. The Morgan fingerprint density at radius 2 is 2.05 bits per heavy atom. The number of anilines is 1. The number of ether oxygens (including phenoxy) is 1. The van der Waals surface area contributed by atoms with Gasteiger partial charge in [0.1, 0.15) is 10.6 Å². The summed E-state index contributed by atoms with van der Waals surface area (Å²) < 4.78 is 5.94. The molecule has 0 fully saturated rings. The minimum atomic E-state index is 0.241. The quantitative estimate of drug-likeness (QED) is 0.792. The van der Waals surface area contributed by atoms with Crippen LogP contribution in [0.15, 0.2) is 30.3 Å². The van der Waals surface area contributed by atoms with Crippen LogP contribution in [0, 0.1) is 6.92 Å². The van der Waals surface area contributed by atoms with E-state index in [1.807, 2.05) is 31.2 Å². The van der Waals surface area contributed by atoms with Gasteiger partial charge in [-0.3, -0.25) is 0 Å². The molecule has 0 spiro atoms. The van der Waals surface area contributed by atoms with E-state index in [0.717, 1.165) is 28.0 Å². The second-order valence-corrected chi connectivity index (χ2v) is 5.65. The average Bonchev–Trinajstić information content (AvgIpc) is 2.84. The van der Waals surface area contributed by atoms with Gasteiger partial charge in [-0.1, -0.05) is 25.1 Å². The summed E-state index contributed by atoms with van der Waals surface area (Å²) in [5, 5.41) is 0.921. The lowest BCUT2D eigenvalue weighted by Crippen LogP contribution is -1.97. The molecule has 2 heterocycles. The highest BCUT2D eigenvalue weighted by Gasteiger charge is 2.12. The molecule has 5 heteroatoms. The molecule has 0 atom stereocenters. The summed E-state index contributed by atoms with van der Waals surface area (Å²) in [6.07, 6.45) is 0.963. The van der Waals surface area contributed by atoms with Crippen LogP contribution in [0.25, 0.3) is 10.2 Å². The van der Waals surface area contributed by atoms with E-state index in [-0.39, 0.29) is 5.95 Å². The van der Waals surface area contributed by atoms with E-state index < -0.39 is 0 Å². The Balaban J connectivity index is 2.11. The van der Waals surface area contributed by atoms with Crippen molar-refractivity contribution in [3.05, 3.63) is 40.8 Å². The molecule has 0 unspecified atom stereocenters. The first-order valence-corrected chi connectivity index (χ1v) is 7.28. The zero-order valence-corrected chi connectivity index (χ0v) is 12.2. The molecule has 102 valence electrons. The van der Waals surface area contributed by atoms with Crippen molar-refractivity contribution < 1.29 is 4.74 Å². The van der Waals surface area contributed by atoms with Crippen LogP contribution in [0.2, 0.25) is 0 Å². The van der Waals surface area contributed by atoms with Crippen LogP contribution in [-0.2, 0) is 6.42 Å². The number of thiophene rings is 1. The standard InChI is InChI=1S/C15H15N3OS/c1-3-10-8-11-13(17-15(16)18-14(11)20-10)19-12-7-5-4-6-9(12)2/h4-8H,3H2,1-2H3,(H2,16,17,18). The van der Waals surface area contributed by atoms with Crippen molar-refractivity contribution in [3.63, 3.8) is 0 Å². The molecular weight excluding hydrogens is 270 g/mol. The SMILES string of the molecule is CCc1cc2c(Oc3ccccc3C)nc(N)nc2s1. The molecule has 0 saturated carbocycles. The maximum absolute atomic E-state index is 5.94. The van der Waals surface area contributed by atoms with E-state index in [1.54, 1.807) is 11.3 Å². The van der Waals surface area contributed by atoms with Gasteiger partial charge in [0.15, 0.2) is 0 Å². The topological polar surface area (TPSA) is 61.0 Å². The number of nitrogen functional groups attached to an aromatic ring is 1. The largest absolute Gasteiger partial charge is 0.438 e. The predicted octanol–water partition coefficient (Wildman–Crippen LogP) is 3.94. The summed E-state index contributed by atoms with van der Waals surface area (Å²) >= 11 is 1.63. The van der Waals surface area contributed by atoms with Gasteiger partial charge in [-0.2, -0.15) is 4.98 Å². The molecule has 0 aliphatic rings. The maximum atomic E-state index is 5.94. The summed E-state index contributed by atoms with van der Waals surface area (Å²) in [5.41, 5.74) is 6.83. The third-order valence-electron chi connectivity index (χ3n) is 3.07. The number of nitrogens with zero attached hydrogens (tertiary/aromatic N) is 2. The lowest BCUT2D eigenvalue weighted by atomic mass is 10.2. The van der Waals surface area contributed by atoms with Gasteiger partial charge in [-0.25, -0.2) is 4.98 Å². The first-order valence-electron chi connectivity index (χ1n) is 6.46. The Hall–Kier alpha value is -2.14. The van der Waals surface area contributed by atoms with Gasteiger partial charge in [0, 0.05) is 4.88 Å². The minimum absolute atomic E-state index is 0.241. The van der Waals surface area contributed by atoms with Crippen molar-refractivity contribution in [1.82, 2.24) is 9.97 Å². The number of benzene rings is 1. The van der Waals surface area contributed by atoms with Gasteiger partial charge in [-0.05, 0) is 31.0 Å². The Labute approximate surface area is 121 Å². The second-order valence-electron chi connectivity index (χ2n) is 4.54. The molecule has 0 aliphatic carbocycles. The fraction of sp³-hybridized carbons (Fsp3) is 0.200. The van der Waals surface area contributed by atoms with Crippen LogP contribution >= 0.6 is 11.3 Å². The highest BCUT2D eigenvalue weighted by Crippen LogP contribution is 2.34. The Morgan fingerprint density at radius 3 is 2.80 bits per heavy atom. The molecule has 0 aliphatic heterocycles. The molecule has 3 rings (SSSR count). The monoisotopic (exact) mass is 285 g/mol. The molecule has 0 saturated heterocycles. The van der Waals surface area contributed by atoms with E-state index in [0.29, 0.717) is 5.88 Å². The van der Waals surface area contributed by atoms with Gasteiger partial charge >= 0.3 is 0 Å². The fourth-order valence-electron chi connectivity index (χ4n) is 1.99. The lowest BCUT2D eigenvalue weighted by molar-refractivity contribution is 0.466. The highest BCUT2D eigenvalue weighted by molar-refractivity contribution is 7.18. The van der Waals surface area contributed by atoms with Gasteiger partial charge < -0.3 is 10.5 Å². The van der Waals surface area contributed by atoms with Gasteiger partial charge in [-0.15, -0.1) is 11.3 Å². The fourth-order valence-corrected chi connectivity index (χ4v) is 2.95. The van der Waals surface area contributed by atoms with Crippen molar-refractivity contribution in [2.75, 3.05) is 5.73 Å². The first-order chi connectivity index (χ1) is 9.67. The zero-order valence-electron chi connectivity index (χ0n) is 11.4. The van der Waals surface area contributed by atoms with Crippen LogP contribution in [0.5, 0.6) is 11.6 Å². The number of hydrogen-bond acceptors (Lipinski definition) is 5. The van der Waals surface area contributed by atoms with E-state index in [2.05, 4.69) is 23.0 Å². The van der Waals surface area contributed by atoms with E-state index in [1.165, 1.54) is 4.88 Å². The van der Waals surface area contributed by atoms with Crippen LogP contribution < -0.4 is 10.5 Å². The molecule has 0 amide bonds. The maximum Gasteiger partial charge on any atom is 0.232 e. The molecule has 0 radical (unpaired) electrons. The van der Waals surface area contributed by atoms with Crippen molar-refractivity contribution in [1.29, 1.82) is 0 Å². The number of rotatable bonds is 3. The van der Waals surface area contributed by atoms with E-state index >= 15 is 0 Å². The molecule has 3 aromatic rings. The number of nitrogens with two attached hydrogens (primary N) is 1. The van der Waals surface area contributed by atoms with E-state index in [4.69, 9.17) is 10.5 Å². The van der Waals surface area contributed by atoms with Gasteiger partial charge in [0.05, 0.1) is 5.39 Å². The number of hydrogen-bond donors (Lipinski definition) is 1. The van der Waals surface area contributed by atoms with Crippen molar-refractivity contribution >= 4 is 27.5 Å². The van der Waals surface area contributed by atoms with Crippen LogP contribution in [-0.4, -0.2) is 9.97 Å². The summed E-state index contributed by atoms with van der Waals surface area (Å²) in [6, 6.07) is 9.92. The predicted molar refractivity (Wildman–Crippen MR) is 82.5 cm³/mol. The van der Waals surface area contributed by atoms with Crippen molar-refractivity contribution in [2.24, 2.45) is 0 Å². The van der Waals surface area contributed by atoms with E-state index in [9.17, 15) is 0 Å². The molecule has 20 heavy (non-hydrogen) atoms. The summed E-state index contributed by atoms with van der Waals surface area (Å²) in [6.45, 7) is 4.12. The summed E-state index contributed by atoms with van der Waals surface area (Å²) in [7, 11) is 0. The molecule has 0 bridgehead atoms. The first kappa shape index (κ1) is 12.9. The summed E-state index contributed by atoms with van der Waals surface area (Å²) in [4.78, 5) is 10.6. The van der Waals surface area contributed by atoms with Gasteiger partial charge in [0.2, 0.25) is 11.8 Å². The summed E-state index contributed by atoms with van der Waals surface area (Å²) in [5.74, 6) is 1.56. The Morgan fingerprint density at radius 1 is 1.25 bits per heavy atom. The Kier molecular flexibility index (Phi) is 3.28. The third kappa shape index (κ3) is 2.32. The van der Waals surface area contributed by atoms with Crippen LogP contribution in [0.4, 0.5) is 5.95 Å². The minimum Gasteiger partial charge on any atom is -0.438 e.